The standard InChI is InChI=1S/C18H18FN3O5S2/c1-27-15-9-22(8-14(15)23)16-2-3-17(28-16)29(25,26)21-13-7-11-10(6-12(13)19)4-5-20-18(11)24/h2-7,14-15,21,23H,8-9H2,1H3,(H,20,24)/t14-,15-/m1/s1. The summed E-state index contributed by atoms with van der Waals surface area (Å²) in [5.74, 6) is -0.783. The van der Waals surface area contributed by atoms with Crippen molar-refractivity contribution in [3.8, 4) is 0 Å². The molecule has 2 aromatic heterocycles. The van der Waals surface area contributed by atoms with Gasteiger partial charge in [0.05, 0.1) is 16.8 Å². The van der Waals surface area contributed by atoms with E-state index >= 15 is 0 Å². The number of H-pyrrole nitrogens is 1. The van der Waals surface area contributed by atoms with Crippen molar-refractivity contribution in [3.05, 3.63) is 52.7 Å². The number of aliphatic hydroxyl groups excluding tert-OH is 1. The Hall–Kier alpha value is -2.47. The molecule has 11 heteroatoms. The molecule has 1 aromatic carbocycles. The summed E-state index contributed by atoms with van der Waals surface area (Å²) in [6.45, 7) is 0.765. The lowest BCUT2D eigenvalue weighted by atomic mass is 10.1. The van der Waals surface area contributed by atoms with Crippen molar-refractivity contribution in [2.24, 2.45) is 0 Å². The van der Waals surface area contributed by atoms with Gasteiger partial charge in [-0.2, -0.15) is 0 Å². The van der Waals surface area contributed by atoms with Crippen molar-refractivity contribution in [3.63, 3.8) is 0 Å². The average Bonchev–Trinajstić information content (AvgIpc) is 3.30. The van der Waals surface area contributed by atoms with Crippen LogP contribution < -0.4 is 15.2 Å². The molecule has 0 spiro atoms. The molecule has 29 heavy (non-hydrogen) atoms. The second-order valence-electron chi connectivity index (χ2n) is 6.67. The molecule has 0 radical (unpaired) electrons. The molecule has 0 bridgehead atoms. The van der Waals surface area contributed by atoms with Crippen molar-refractivity contribution in [1.82, 2.24) is 4.98 Å². The number of benzene rings is 1. The Morgan fingerprint density at radius 2 is 2.10 bits per heavy atom. The van der Waals surface area contributed by atoms with Gasteiger partial charge in [0.25, 0.3) is 15.6 Å². The van der Waals surface area contributed by atoms with Crippen LogP contribution in [0.25, 0.3) is 10.8 Å². The number of fused-ring (bicyclic) bond motifs is 1. The number of methoxy groups -OCH3 is 1. The highest BCUT2D eigenvalue weighted by Gasteiger charge is 2.32. The summed E-state index contributed by atoms with van der Waals surface area (Å²) in [7, 11) is -2.55. The Labute approximate surface area is 169 Å². The number of aromatic amines is 1. The summed E-state index contributed by atoms with van der Waals surface area (Å²) in [6, 6.07) is 6.86. The zero-order valence-corrected chi connectivity index (χ0v) is 16.9. The van der Waals surface area contributed by atoms with Crippen LogP contribution in [0.1, 0.15) is 0 Å². The Morgan fingerprint density at radius 1 is 1.31 bits per heavy atom. The number of thiophene rings is 1. The summed E-state index contributed by atoms with van der Waals surface area (Å²) in [5.41, 5.74) is -0.748. The summed E-state index contributed by atoms with van der Waals surface area (Å²) in [4.78, 5) is 16.2. The number of hydrogen-bond donors (Lipinski definition) is 3. The zero-order chi connectivity index (χ0) is 20.8. The van der Waals surface area contributed by atoms with Crippen LogP contribution in [0, 0.1) is 5.82 Å². The number of hydrogen-bond acceptors (Lipinski definition) is 7. The fourth-order valence-electron chi connectivity index (χ4n) is 3.27. The van der Waals surface area contributed by atoms with E-state index < -0.39 is 27.5 Å². The maximum Gasteiger partial charge on any atom is 0.271 e. The minimum atomic E-state index is -4.06. The van der Waals surface area contributed by atoms with Crippen LogP contribution in [0.5, 0.6) is 0 Å². The molecule has 8 nitrogen and oxygen atoms in total. The minimum absolute atomic E-state index is 0.00988. The smallest absolute Gasteiger partial charge is 0.271 e. The number of anilines is 2. The van der Waals surface area contributed by atoms with E-state index in [1.165, 1.54) is 31.5 Å². The Morgan fingerprint density at radius 3 is 2.83 bits per heavy atom. The largest absolute Gasteiger partial charge is 0.388 e. The predicted octanol–water partition coefficient (Wildman–Crippen LogP) is 1.73. The minimum Gasteiger partial charge on any atom is -0.388 e. The summed E-state index contributed by atoms with van der Waals surface area (Å²) < 4.78 is 47.3. The average molecular weight is 439 g/mol. The second-order valence-corrected chi connectivity index (χ2v) is 9.64. The van der Waals surface area contributed by atoms with E-state index in [2.05, 4.69) is 9.71 Å². The SMILES string of the molecule is CO[C@@H]1CN(c2ccc(S(=O)(=O)Nc3cc4c(=O)[nH]ccc4cc3F)s2)C[C@H]1O. The molecule has 0 amide bonds. The number of sulfonamides is 1. The van der Waals surface area contributed by atoms with Gasteiger partial charge in [-0.3, -0.25) is 9.52 Å². The van der Waals surface area contributed by atoms with Crippen LogP contribution in [0.2, 0.25) is 0 Å². The quantitative estimate of drug-likeness (QED) is 0.558. The van der Waals surface area contributed by atoms with Crippen LogP contribution in [0.4, 0.5) is 15.1 Å². The van der Waals surface area contributed by atoms with E-state index in [9.17, 15) is 22.7 Å². The van der Waals surface area contributed by atoms with Crippen molar-refractivity contribution in [2.45, 2.75) is 16.4 Å². The molecule has 0 aliphatic carbocycles. The lowest BCUT2D eigenvalue weighted by Gasteiger charge is -2.15. The maximum atomic E-state index is 14.4. The van der Waals surface area contributed by atoms with Gasteiger partial charge in [0.1, 0.15) is 16.1 Å². The second kappa shape index (κ2) is 7.41. The molecular weight excluding hydrogens is 421 g/mol. The third kappa shape index (κ3) is 3.73. The topological polar surface area (TPSA) is 112 Å². The number of pyridine rings is 1. The zero-order valence-electron chi connectivity index (χ0n) is 15.3. The first-order chi connectivity index (χ1) is 13.8. The maximum absolute atomic E-state index is 14.4. The van der Waals surface area contributed by atoms with Crippen LogP contribution in [-0.2, 0) is 14.8 Å². The first-order valence-electron chi connectivity index (χ1n) is 8.68. The van der Waals surface area contributed by atoms with E-state index in [1.54, 1.807) is 6.07 Å². The fourth-order valence-corrected chi connectivity index (χ4v) is 5.64. The molecule has 4 rings (SSSR count). The highest BCUT2D eigenvalue weighted by atomic mass is 32.2. The van der Waals surface area contributed by atoms with Gasteiger partial charge in [-0.25, -0.2) is 12.8 Å². The van der Waals surface area contributed by atoms with Gasteiger partial charge in [0.2, 0.25) is 0 Å². The molecule has 1 aliphatic heterocycles. The Bertz CT molecular complexity index is 1220. The molecular formula is C18H18FN3O5S2. The van der Waals surface area contributed by atoms with Gasteiger partial charge < -0.3 is 19.7 Å². The van der Waals surface area contributed by atoms with E-state index in [1.807, 2.05) is 4.90 Å². The number of ether oxygens (including phenoxy) is 1. The molecule has 0 unspecified atom stereocenters. The van der Waals surface area contributed by atoms with E-state index in [-0.39, 0.29) is 21.4 Å². The van der Waals surface area contributed by atoms with Crippen LogP contribution in [-0.4, -0.2) is 50.9 Å². The summed E-state index contributed by atoms with van der Waals surface area (Å²) >= 11 is 1.00. The number of nitrogens with zero attached hydrogens (tertiary/aromatic N) is 1. The Kier molecular flexibility index (Phi) is 5.07. The number of β-amino-alcohol motifs (C(OH)–C–C–N with tert-alkyl or cyclic N) is 1. The van der Waals surface area contributed by atoms with Gasteiger partial charge >= 0.3 is 0 Å². The van der Waals surface area contributed by atoms with Crippen LogP contribution >= 0.6 is 11.3 Å². The lowest BCUT2D eigenvalue weighted by molar-refractivity contribution is 0.0217. The molecule has 3 N–H and O–H groups in total. The molecule has 2 atom stereocenters. The molecule has 1 saturated heterocycles. The molecule has 3 aromatic rings. The fraction of sp³-hybridized carbons (Fsp3) is 0.278. The Balaban J connectivity index is 1.61. The highest BCUT2D eigenvalue weighted by Crippen LogP contribution is 2.33. The predicted molar refractivity (Wildman–Crippen MR) is 109 cm³/mol. The first kappa shape index (κ1) is 19.8. The highest BCUT2D eigenvalue weighted by molar-refractivity contribution is 7.94. The lowest BCUT2D eigenvalue weighted by Crippen LogP contribution is -2.25. The number of nitrogens with one attached hydrogen (secondary N) is 2. The third-order valence-electron chi connectivity index (χ3n) is 4.79. The van der Waals surface area contributed by atoms with E-state index in [0.717, 1.165) is 17.4 Å². The number of halogens is 1. The first-order valence-corrected chi connectivity index (χ1v) is 11.0. The molecule has 1 fully saturated rings. The molecule has 0 saturated carbocycles. The van der Waals surface area contributed by atoms with E-state index in [0.29, 0.717) is 23.5 Å². The number of aliphatic hydroxyl groups is 1. The van der Waals surface area contributed by atoms with Crippen molar-refractivity contribution < 1.29 is 22.7 Å². The molecule has 1 aliphatic rings. The van der Waals surface area contributed by atoms with Crippen molar-refractivity contribution in [1.29, 1.82) is 0 Å². The van der Waals surface area contributed by atoms with Crippen LogP contribution in [0.15, 0.2) is 45.5 Å². The third-order valence-corrected chi connectivity index (χ3v) is 7.79. The summed E-state index contributed by atoms with van der Waals surface area (Å²) in [6.07, 6.45) is 0.384. The number of aromatic nitrogens is 1. The van der Waals surface area contributed by atoms with Gasteiger partial charge in [-0.05, 0) is 35.7 Å². The van der Waals surface area contributed by atoms with E-state index in [4.69, 9.17) is 4.74 Å². The normalized spacial score (nSPS) is 19.8. The monoisotopic (exact) mass is 439 g/mol. The van der Waals surface area contributed by atoms with Gasteiger partial charge in [0, 0.05) is 31.8 Å². The molecule has 3 heterocycles. The summed E-state index contributed by atoms with van der Waals surface area (Å²) in [5, 5.41) is 11.2. The van der Waals surface area contributed by atoms with Crippen molar-refractivity contribution in [2.75, 3.05) is 29.8 Å². The van der Waals surface area contributed by atoms with Gasteiger partial charge in [0.15, 0.2) is 0 Å². The number of rotatable bonds is 5. The van der Waals surface area contributed by atoms with Gasteiger partial charge in [-0.15, -0.1) is 11.3 Å². The van der Waals surface area contributed by atoms with Crippen molar-refractivity contribution >= 4 is 42.8 Å². The van der Waals surface area contributed by atoms with Crippen LogP contribution in [0.3, 0.4) is 0 Å². The van der Waals surface area contributed by atoms with Gasteiger partial charge in [-0.1, -0.05) is 0 Å². The molecule has 154 valence electrons.